The number of anilines is 1. The van der Waals surface area contributed by atoms with Crippen LogP contribution in [0.4, 0.5) is 27.6 Å². The van der Waals surface area contributed by atoms with Crippen LogP contribution < -0.4 is 10.1 Å². The first kappa shape index (κ1) is 19.2. The Labute approximate surface area is 146 Å². The highest BCUT2D eigenvalue weighted by molar-refractivity contribution is 9.10. The number of benzene rings is 1. The first-order chi connectivity index (χ1) is 11.5. The quantitative estimate of drug-likeness (QED) is 0.737. The Kier molecular flexibility index (Phi) is 5.35. The van der Waals surface area contributed by atoms with E-state index >= 15 is 0 Å². The lowest BCUT2D eigenvalue weighted by atomic mass is 10.2. The fraction of sp³-hybridized carbons (Fsp3) is 0.286. The third kappa shape index (κ3) is 4.27. The third-order valence-corrected chi connectivity index (χ3v) is 3.90. The monoisotopic (exact) mass is 427 g/mol. The van der Waals surface area contributed by atoms with Crippen LogP contribution in [0.5, 0.6) is 5.75 Å². The molecule has 2 rings (SSSR count). The van der Waals surface area contributed by atoms with Gasteiger partial charge in [0, 0.05) is 12.7 Å². The zero-order valence-corrected chi connectivity index (χ0v) is 14.4. The molecule has 0 aliphatic rings. The number of hydrogen-bond donors (Lipinski definition) is 1. The van der Waals surface area contributed by atoms with E-state index in [1.165, 1.54) is 32.2 Å². The van der Waals surface area contributed by atoms with Gasteiger partial charge in [-0.05, 0) is 46.6 Å². The summed E-state index contributed by atoms with van der Waals surface area (Å²) < 4.78 is 67.4. The van der Waals surface area contributed by atoms with Crippen LogP contribution in [0.3, 0.4) is 0 Å². The summed E-state index contributed by atoms with van der Waals surface area (Å²) in [6.45, 7) is -1.47. The average Bonchev–Trinajstić information content (AvgIpc) is 2.76. The summed E-state index contributed by atoms with van der Waals surface area (Å²) in [5.41, 5.74) is -0.939. The maximum absolute atomic E-state index is 12.8. The zero-order chi connectivity index (χ0) is 18.9. The van der Waals surface area contributed by atoms with Crippen molar-refractivity contribution in [3.05, 3.63) is 39.6 Å². The van der Waals surface area contributed by atoms with Crippen molar-refractivity contribution in [3.8, 4) is 5.75 Å². The Morgan fingerprint density at radius 1 is 1.36 bits per heavy atom. The normalized spacial score (nSPS) is 11.7. The lowest BCUT2D eigenvalue weighted by Gasteiger charge is -2.11. The highest BCUT2D eigenvalue weighted by Gasteiger charge is 2.39. The maximum Gasteiger partial charge on any atom is 0.436 e. The number of hydrogen-bond acceptors (Lipinski definition) is 3. The van der Waals surface area contributed by atoms with Gasteiger partial charge in [0.1, 0.15) is 11.4 Å². The van der Waals surface area contributed by atoms with Crippen molar-refractivity contribution in [2.24, 2.45) is 7.05 Å². The number of halogens is 6. The molecule has 0 fully saturated rings. The van der Waals surface area contributed by atoms with Crippen LogP contribution in [0.15, 0.2) is 22.7 Å². The second-order valence-electron chi connectivity index (χ2n) is 4.94. The van der Waals surface area contributed by atoms with Crippen LogP contribution >= 0.6 is 15.9 Å². The zero-order valence-electron chi connectivity index (χ0n) is 12.8. The summed E-state index contributed by atoms with van der Waals surface area (Å²) in [5, 5.41) is 5.71. The summed E-state index contributed by atoms with van der Waals surface area (Å²) in [7, 11) is 1.20. The van der Waals surface area contributed by atoms with E-state index in [0.29, 0.717) is 5.56 Å². The fourth-order valence-corrected chi connectivity index (χ4v) is 2.80. The summed E-state index contributed by atoms with van der Waals surface area (Å²) >= 11 is 2.74. The average molecular weight is 428 g/mol. The third-order valence-electron chi connectivity index (χ3n) is 3.14. The predicted molar refractivity (Wildman–Crippen MR) is 81.7 cm³/mol. The van der Waals surface area contributed by atoms with Crippen LogP contribution in [-0.2, 0) is 13.2 Å². The molecule has 1 heterocycles. The molecule has 0 saturated carbocycles. The summed E-state index contributed by atoms with van der Waals surface area (Å²) in [5.74, 6) is -0.949. The van der Waals surface area contributed by atoms with Gasteiger partial charge >= 0.3 is 12.8 Å². The van der Waals surface area contributed by atoms with Crippen molar-refractivity contribution in [2.45, 2.75) is 19.7 Å². The molecule has 0 aliphatic heterocycles. The molecule has 0 atom stereocenters. The molecular formula is C14H11BrF5N3O2. The van der Waals surface area contributed by atoms with Crippen molar-refractivity contribution >= 4 is 27.5 Å². The SMILES string of the molecule is Cc1cc(OC(F)F)ccc1NC(=O)c1c(Br)c(C(F)(F)F)nn1C. The maximum atomic E-state index is 12.8. The number of ether oxygens (including phenoxy) is 1. The molecule has 1 N–H and O–H groups in total. The highest BCUT2D eigenvalue weighted by Crippen LogP contribution is 2.36. The molecule has 136 valence electrons. The van der Waals surface area contributed by atoms with Crippen molar-refractivity contribution < 1.29 is 31.5 Å². The molecule has 0 unspecified atom stereocenters. The van der Waals surface area contributed by atoms with Gasteiger partial charge in [0.05, 0.1) is 4.47 Å². The van der Waals surface area contributed by atoms with Crippen molar-refractivity contribution in [3.63, 3.8) is 0 Å². The lowest BCUT2D eigenvalue weighted by molar-refractivity contribution is -0.142. The molecule has 0 bridgehead atoms. The van der Waals surface area contributed by atoms with Crippen molar-refractivity contribution in [2.75, 3.05) is 5.32 Å². The van der Waals surface area contributed by atoms with Gasteiger partial charge < -0.3 is 10.1 Å². The van der Waals surface area contributed by atoms with E-state index in [1.807, 2.05) is 0 Å². The molecular weight excluding hydrogens is 417 g/mol. The minimum atomic E-state index is -4.72. The Hall–Kier alpha value is -2.17. The van der Waals surface area contributed by atoms with Gasteiger partial charge in [-0.15, -0.1) is 0 Å². The molecule has 1 amide bonds. The number of rotatable bonds is 4. The summed E-state index contributed by atoms with van der Waals surface area (Å²) in [4.78, 5) is 12.3. The van der Waals surface area contributed by atoms with Crippen LogP contribution in [-0.4, -0.2) is 22.3 Å². The molecule has 5 nitrogen and oxygen atoms in total. The molecule has 25 heavy (non-hydrogen) atoms. The van der Waals surface area contributed by atoms with Gasteiger partial charge in [-0.1, -0.05) is 0 Å². The van der Waals surface area contributed by atoms with Gasteiger partial charge in [-0.2, -0.15) is 27.1 Å². The number of aryl methyl sites for hydroxylation is 2. The minimum absolute atomic E-state index is 0.105. The van der Waals surface area contributed by atoms with Gasteiger partial charge in [-0.25, -0.2) is 0 Å². The number of carbonyl (C=O) groups is 1. The Bertz CT molecular complexity index is 804. The van der Waals surface area contributed by atoms with Gasteiger partial charge in [0.25, 0.3) is 5.91 Å². The summed E-state index contributed by atoms with van der Waals surface area (Å²) in [6.07, 6.45) is -4.72. The number of aromatic nitrogens is 2. The van der Waals surface area contributed by atoms with E-state index in [4.69, 9.17) is 0 Å². The van der Waals surface area contributed by atoms with E-state index in [1.54, 1.807) is 0 Å². The minimum Gasteiger partial charge on any atom is -0.435 e. The van der Waals surface area contributed by atoms with Crippen LogP contribution in [0.2, 0.25) is 0 Å². The molecule has 1 aromatic heterocycles. The first-order valence-corrected chi connectivity index (χ1v) is 7.46. The van der Waals surface area contributed by atoms with Gasteiger partial charge in [0.15, 0.2) is 5.69 Å². The fourth-order valence-electron chi connectivity index (χ4n) is 2.06. The van der Waals surface area contributed by atoms with Crippen LogP contribution in [0.1, 0.15) is 21.7 Å². The predicted octanol–water partition coefficient (Wildman–Crippen LogP) is 4.36. The number of amides is 1. The van der Waals surface area contributed by atoms with Gasteiger partial charge in [0.2, 0.25) is 0 Å². The second-order valence-corrected chi connectivity index (χ2v) is 5.73. The van der Waals surface area contributed by atoms with E-state index in [9.17, 15) is 26.7 Å². The van der Waals surface area contributed by atoms with Gasteiger partial charge in [-0.3, -0.25) is 9.48 Å². The van der Waals surface area contributed by atoms with E-state index in [-0.39, 0.29) is 17.1 Å². The molecule has 0 spiro atoms. The highest BCUT2D eigenvalue weighted by atomic mass is 79.9. The molecule has 0 saturated heterocycles. The molecule has 0 aliphatic carbocycles. The largest absolute Gasteiger partial charge is 0.436 e. The van der Waals surface area contributed by atoms with E-state index in [0.717, 1.165) is 4.68 Å². The van der Waals surface area contributed by atoms with Crippen molar-refractivity contribution in [1.82, 2.24) is 9.78 Å². The Balaban J connectivity index is 2.28. The van der Waals surface area contributed by atoms with Crippen LogP contribution in [0.25, 0.3) is 0 Å². The molecule has 2 aromatic rings. The summed E-state index contributed by atoms with van der Waals surface area (Å²) in [6, 6.07) is 3.77. The first-order valence-electron chi connectivity index (χ1n) is 6.67. The Morgan fingerprint density at radius 3 is 2.48 bits per heavy atom. The smallest absolute Gasteiger partial charge is 0.435 e. The molecule has 1 aromatic carbocycles. The Morgan fingerprint density at radius 2 is 2.00 bits per heavy atom. The lowest BCUT2D eigenvalue weighted by Crippen LogP contribution is -2.17. The van der Waals surface area contributed by atoms with E-state index in [2.05, 4.69) is 31.1 Å². The standard InChI is InChI=1S/C14H11BrF5N3O2/c1-6-5-7(25-13(16)17)3-4-8(6)21-12(24)10-9(15)11(14(18,19)20)22-23(10)2/h3-5,13H,1-2H3,(H,21,24). The second kappa shape index (κ2) is 6.98. The van der Waals surface area contributed by atoms with Crippen LogP contribution in [0, 0.1) is 6.92 Å². The molecule has 0 radical (unpaired) electrons. The number of carbonyl (C=O) groups excluding carboxylic acids is 1. The van der Waals surface area contributed by atoms with E-state index < -0.39 is 28.9 Å². The number of nitrogens with one attached hydrogen (secondary N) is 1. The number of alkyl halides is 5. The topological polar surface area (TPSA) is 56.1 Å². The van der Waals surface area contributed by atoms with Crippen molar-refractivity contribution in [1.29, 1.82) is 0 Å². The molecule has 11 heteroatoms. The number of nitrogens with zero attached hydrogens (tertiary/aromatic N) is 2.